The number of aromatic nitrogens is 2. The van der Waals surface area contributed by atoms with E-state index >= 15 is 0 Å². The molecule has 83 valence electrons. The highest BCUT2D eigenvalue weighted by molar-refractivity contribution is 5.60. The highest BCUT2D eigenvalue weighted by Gasteiger charge is 2.12. The number of nitrogens with zero attached hydrogens (tertiary/aromatic N) is 1. The quantitative estimate of drug-likeness (QED) is 0.836. The van der Waals surface area contributed by atoms with Gasteiger partial charge in [-0.1, -0.05) is 12.1 Å². The van der Waals surface area contributed by atoms with Crippen LogP contribution in [0.25, 0.3) is 11.3 Å². The van der Waals surface area contributed by atoms with E-state index < -0.39 is 0 Å². The van der Waals surface area contributed by atoms with Gasteiger partial charge in [0.2, 0.25) is 0 Å². The van der Waals surface area contributed by atoms with Crippen LogP contribution in [-0.4, -0.2) is 15.6 Å². The van der Waals surface area contributed by atoms with E-state index in [1.54, 1.807) is 0 Å². The molecule has 3 heteroatoms. The molecule has 1 heterocycles. The first kappa shape index (κ1) is 10.7. The van der Waals surface area contributed by atoms with Crippen LogP contribution in [0, 0.1) is 6.33 Å². The summed E-state index contributed by atoms with van der Waals surface area (Å²) in [7, 11) is 0. The fourth-order valence-corrected chi connectivity index (χ4v) is 1.45. The fourth-order valence-electron chi connectivity index (χ4n) is 1.45. The smallest absolute Gasteiger partial charge is 0.174 e. The zero-order chi connectivity index (χ0) is 11.6. The number of hydrogen-bond donors (Lipinski definition) is 1. The van der Waals surface area contributed by atoms with E-state index in [0.717, 1.165) is 17.0 Å². The van der Waals surface area contributed by atoms with Gasteiger partial charge in [-0.25, -0.2) is 4.98 Å². The fraction of sp³-hybridized carbons (Fsp3) is 0.308. The number of benzene rings is 1. The largest absolute Gasteiger partial charge is 0.488 e. The molecule has 1 aromatic carbocycles. The third-order valence-electron chi connectivity index (χ3n) is 2.00. The average Bonchev–Trinajstić information content (AvgIpc) is 2.68. The van der Waals surface area contributed by atoms with Crippen molar-refractivity contribution in [2.75, 3.05) is 0 Å². The summed E-state index contributed by atoms with van der Waals surface area (Å²) in [6.07, 6.45) is 4.50. The first-order valence-electron chi connectivity index (χ1n) is 5.25. The number of rotatable bonds is 2. The third-order valence-corrected chi connectivity index (χ3v) is 2.00. The number of ether oxygens (including phenoxy) is 1. The predicted octanol–water partition coefficient (Wildman–Crippen LogP) is 3.05. The monoisotopic (exact) mass is 215 g/mol. The molecule has 2 aromatic rings. The molecular formula is C13H15N2O. The minimum Gasteiger partial charge on any atom is -0.488 e. The van der Waals surface area contributed by atoms with Gasteiger partial charge in [-0.05, 0) is 32.9 Å². The molecular weight excluding hydrogens is 200 g/mol. The van der Waals surface area contributed by atoms with Crippen molar-refractivity contribution in [3.63, 3.8) is 0 Å². The molecule has 0 amide bonds. The maximum absolute atomic E-state index is 5.79. The minimum atomic E-state index is -0.184. The second kappa shape index (κ2) is 4.00. The van der Waals surface area contributed by atoms with Crippen molar-refractivity contribution in [1.82, 2.24) is 9.97 Å². The Labute approximate surface area is 95.5 Å². The van der Waals surface area contributed by atoms with E-state index in [4.69, 9.17) is 4.74 Å². The van der Waals surface area contributed by atoms with Crippen LogP contribution in [0.4, 0.5) is 0 Å². The van der Waals surface area contributed by atoms with Gasteiger partial charge in [-0.15, -0.1) is 0 Å². The summed E-state index contributed by atoms with van der Waals surface area (Å²) < 4.78 is 5.79. The highest BCUT2D eigenvalue weighted by Crippen LogP contribution is 2.24. The molecule has 1 radical (unpaired) electrons. The summed E-state index contributed by atoms with van der Waals surface area (Å²) in [6, 6.07) is 7.89. The van der Waals surface area contributed by atoms with E-state index in [2.05, 4.69) is 16.3 Å². The molecule has 1 aromatic heterocycles. The van der Waals surface area contributed by atoms with Crippen molar-refractivity contribution in [2.24, 2.45) is 0 Å². The summed E-state index contributed by atoms with van der Waals surface area (Å²) in [5.74, 6) is 0.855. The topological polar surface area (TPSA) is 37.9 Å². The van der Waals surface area contributed by atoms with Gasteiger partial charge in [-0.2, -0.15) is 0 Å². The molecule has 0 aliphatic rings. The lowest BCUT2D eigenvalue weighted by atomic mass is 10.1. The standard InChI is InChI=1S/C13H15N2O/c1-13(2,3)16-11-6-4-5-10(7-11)12-8-14-9-15-12/h4-8H,1-3H3,(H,14,15). The molecule has 0 spiro atoms. The molecule has 3 nitrogen and oxygen atoms in total. The van der Waals surface area contributed by atoms with Crippen LogP contribution in [0.15, 0.2) is 30.5 Å². The number of H-pyrrole nitrogens is 1. The van der Waals surface area contributed by atoms with Crippen molar-refractivity contribution in [3.8, 4) is 17.0 Å². The average molecular weight is 215 g/mol. The number of nitrogens with one attached hydrogen (secondary N) is 1. The van der Waals surface area contributed by atoms with E-state index in [9.17, 15) is 0 Å². The summed E-state index contributed by atoms with van der Waals surface area (Å²) in [5.41, 5.74) is 1.72. The van der Waals surface area contributed by atoms with Crippen molar-refractivity contribution in [1.29, 1.82) is 0 Å². The van der Waals surface area contributed by atoms with Crippen molar-refractivity contribution < 1.29 is 4.74 Å². The Balaban J connectivity index is 2.27. The summed E-state index contributed by atoms with van der Waals surface area (Å²) in [4.78, 5) is 6.91. The van der Waals surface area contributed by atoms with Crippen LogP contribution in [0.5, 0.6) is 5.75 Å². The van der Waals surface area contributed by atoms with Crippen molar-refractivity contribution in [2.45, 2.75) is 26.4 Å². The van der Waals surface area contributed by atoms with Gasteiger partial charge < -0.3 is 9.72 Å². The Bertz CT molecular complexity index is 455. The van der Waals surface area contributed by atoms with Gasteiger partial charge in [0.1, 0.15) is 11.4 Å². The normalized spacial score (nSPS) is 11.4. The van der Waals surface area contributed by atoms with Gasteiger partial charge in [0.05, 0.1) is 5.69 Å². The molecule has 16 heavy (non-hydrogen) atoms. The van der Waals surface area contributed by atoms with Crippen LogP contribution in [0.2, 0.25) is 0 Å². The molecule has 2 rings (SSSR count). The molecule has 0 aliphatic carbocycles. The lowest BCUT2D eigenvalue weighted by molar-refractivity contribution is 0.131. The Morgan fingerprint density at radius 3 is 2.75 bits per heavy atom. The molecule has 0 aliphatic heterocycles. The molecule has 1 N–H and O–H groups in total. The van der Waals surface area contributed by atoms with Gasteiger partial charge >= 0.3 is 0 Å². The molecule has 0 fully saturated rings. The number of imidazole rings is 1. The molecule has 0 atom stereocenters. The van der Waals surface area contributed by atoms with Gasteiger partial charge in [0, 0.05) is 11.8 Å². The summed E-state index contributed by atoms with van der Waals surface area (Å²) >= 11 is 0. The number of aromatic amines is 1. The zero-order valence-electron chi connectivity index (χ0n) is 9.74. The van der Waals surface area contributed by atoms with E-state index in [-0.39, 0.29) is 5.60 Å². The van der Waals surface area contributed by atoms with E-state index in [1.807, 2.05) is 51.2 Å². The first-order chi connectivity index (χ1) is 7.54. The van der Waals surface area contributed by atoms with Crippen LogP contribution >= 0.6 is 0 Å². The lowest BCUT2D eigenvalue weighted by Crippen LogP contribution is -2.22. The van der Waals surface area contributed by atoms with E-state index in [0.29, 0.717) is 0 Å². The van der Waals surface area contributed by atoms with Crippen LogP contribution < -0.4 is 4.74 Å². The zero-order valence-corrected chi connectivity index (χ0v) is 9.74. The van der Waals surface area contributed by atoms with Crippen LogP contribution in [-0.2, 0) is 0 Å². The van der Waals surface area contributed by atoms with Gasteiger partial charge in [0.25, 0.3) is 0 Å². The second-order valence-electron chi connectivity index (χ2n) is 4.64. The first-order valence-corrected chi connectivity index (χ1v) is 5.25. The maximum Gasteiger partial charge on any atom is 0.174 e. The molecule has 0 saturated carbocycles. The van der Waals surface area contributed by atoms with Crippen molar-refractivity contribution >= 4 is 0 Å². The molecule has 0 saturated heterocycles. The minimum absolute atomic E-state index is 0.184. The van der Waals surface area contributed by atoms with Crippen molar-refractivity contribution in [3.05, 3.63) is 36.8 Å². The molecule has 0 bridgehead atoms. The Kier molecular flexibility index (Phi) is 2.69. The summed E-state index contributed by atoms with van der Waals surface area (Å²) in [5, 5.41) is 0. The highest BCUT2D eigenvalue weighted by atomic mass is 16.5. The third kappa shape index (κ3) is 2.63. The van der Waals surface area contributed by atoms with Crippen LogP contribution in [0.1, 0.15) is 20.8 Å². The Morgan fingerprint density at radius 1 is 1.31 bits per heavy atom. The molecule has 0 unspecified atom stereocenters. The van der Waals surface area contributed by atoms with Gasteiger partial charge in [0.15, 0.2) is 6.33 Å². The second-order valence-corrected chi connectivity index (χ2v) is 4.64. The SMILES string of the molecule is CC(C)(C)Oc1cccc(-c2c[nH][c]n2)c1. The Morgan fingerprint density at radius 2 is 2.12 bits per heavy atom. The number of hydrogen-bond acceptors (Lipinski definition) is 2. The van der Waals surface area contributed by atoms with Crippen LogP contribution in [0.3, 0.4) is 0 Å². The van der Waals surface area contributed by atoms with Gasteiger partial charge in [-0.3, -0.25) is 0 Å². The van der Waals surface area contributed by atoms with E-state index in [1.165, 1.54) is 0 Å². The summed E-state index contributed by atoms with van der Waals surface area (Å²) in [6.45, 7) is 6.09. The Hall–Kier alpha value is -1.77. The lowest BCUT2D eigenvalue weighted by Gasteiger charge is -2.21. The maximum atomic E-state index is 5.79. The predicted molar refractivity (Wildman–Crippen MR) is 63.2 cm³/mol.